The third kappa shape index (κ3) is 4.03. The van der Waals surface area contributed by atoms with Gasteiger partial charge < -0.3 is 20.5 Å². The molecule has 1 fully saturated rings. The van der Waals surface area contributed by atoms with Crippen LogP contribution in [0, 0.1) is 5.41 Å². The minimum Gasteiger partial charge on any atom is -0.495 e. The number of methoxy groups -OCH3 is 1. The van der Waals surface area contributed by atoms with Crippen molar-refractivity contribution >= 4 is 11.6 Å². The van der Waals surface area contributed by atoms with Crippen LogP contribution in [0.5, 0.6) is 5.75 Å². The third-order valence-corrected chi connectivity index (χ3v) is 4.93. The van der Waals surface area contributed by atoms with Gasteiger partial charge in [0.25, 0.3) is 0 Å². The third-order valence-electron chi connectivity index (χ3n) is 4.93. The number of anilines is 1. The fourth-order valence-electron chi connectivity index (χ4n) is 3.39. The van der Waals surface area contributed by atoms with Gasteiger partial charge in [0.15, 0.2) is 0 Å². The largest absolute Gasteiger partial charge is 0.495 e. The zero-order valence-electron chi connectivity index (χ0n) is 14.5. The van der Waals surface area contributed by atoms with Crippen molar-refractivity contribution in [1.29, 1.82) is 0 Å². The number of benzene rings is 1. The van der Waals surface area contributed by atoms with Crippen molar-refractivity contribution < 1.29 is 14.6 Å². The first-order chi connectivity index (χ1) is 10.9. The molecule has 2 rings (SSSR count). The Morgan fingerprint density at radius 1 is 1.52 bits per heavy atom. The number of carbonyl (C=O) groups is 1. The van der Waals surface area contributed by atoms with E-state index in [1.54, 1.807) is 7.11 Å². The molecule has 5 heteroatoms. The normalized spacial score (nSPS) is 25.2. The number of carbonyl (C=O) groups excluding carboxylic acids is 1. The van der Waals surface area contributed by atoms with Crippen molar-refractivity contribution in [2.24, 2.45) is 5.41 Å². The molecule has 1 aromatic carbocycles. The van der Waals surface area contributed by atoms with Crippen molar-refractivity contribution in [1.82, 2.24) is 5.32 Å². The standard InChI is InChI=1S/C18H28N2O3/c1-12(19-17-6-5-9-18(17,3)11-21)14-7-8-16(23-4)15(10-14)20-13(2)22/h7-8,10,12,17,19,21H,5-6,9,11H2,1-4H3,(H,20,22). The van der Waals surface area contributed by atoms with E-state index in [-0.39, 0.29) is 24.0 Å². The molecule has 0 saturated heterocycles. The molecular formula is C18H28N2O3. The van der Waals surface area contributed by atoms with Gasteiger partial charge in [-0.25, -0.2) is 0 Å². The quantitative estimate of drug-likeness (QED) is 0.754. The zero-order chi connectivity index (χ0) is 17.0. The molecular weight excluding hydrogens is 292 g/mol. The molecule has 1 aliphatic rings. The maximum Gasteiger partial charge on any atom is 0.221 e. The zero-order valence-corrected chi connectivity index (χ0v) is 14.5. The summed E-state index contributed by atoms with van der Waals surface area (Å²) in [5, 5.41) is 16.1. The molecule has 0 radical (unpaired) electrons. The van der Waals surface area contributed by atoms with Gasteiger partial charge >= 0.3 is 0 Å². The Bertz CT molecular complexity index is 561. The van der Waals surface area contributed by atoms with Crippen LogP contribution in [-0.4, -0.2) is 30.8 Å². The molecule has 0 bridgehead atoms. The Morgan fingerprint density at radius 2 is 2.26 bits per heavy atom. The molecule has 1 aromatic rings. The summed E-state index contributed by atoms with van der Waals surface area (Å²) in [6, 6.07) is 6.26. The van der Waals surface area contributed by atoms with E-state index in [1.165, 1.54) is 6.92 Å². The molecule has 1 amide bonds. The average Bonchev–Trinajstić information content (AvgIpc) is 2.88. The number of hydrogen-bond donors (Lipinski definition) is 3. The van der Waals surface area contributed by atoms with Gasteiger partial charge in [-0.1, -0.05) is 19.4 Å². The van der Waals surface area contributed by atoms with E-state index in [2.05, 4.69) is 24.5 Å². The molecule has 0 aliphatic heterocycles. The van der Waals surface area contributed by atoms with Crippen LogP contribution in [0.15, 0.2) is 18.2 Å². The maximum atomic E-state index is 11.4. The van der Waals surface area contributed by atoms with E-state index in [0.29, 0.717) is 17.5 Å². The second-order valence-corrected chi connectivity index (χ2v) is 6.79. The lowest BCUT2D eigenvalue weighted by molar-refractivity contribution is -0.114. The number of amides is 1. The highest BCUT2D eigenvalue weighted by Gasteiger charge is 2.38. The predicted octanol–water partition coefficient (Wildman–Crippen LogP) is 2.86. The second kappa shape index (κ2) is 7.32. The van der Waals surface area contributed by atoms with Gasteiger partial charge in [0, 0.05) is 31.0 Å². The van der Waals surface area contributed by atoms with E-state index in [9.17, 15) is 9.90 Å². The van der Waals surface area contributed by atoms with Gasteiger partial charge in [0.2, 0.25) is 5.91 Å². The number of hydrogen-bond acceptors (Lipinski definition) is 4. The van der Waals surface area contributed by atoms with E-state index in [4.69, 9.17) is 4.74 Å². The van der Waals surface area contributed by atoms with Crippen molar-refractivity contribution in [2.75, 3.05) is 19.0 Å². The Labute approximate surface area is 138 Å². The molecule has 1 saturated carbocycles. The van der Waals surface area contributed by atoms with Gasteiger partial charge in [-0.15, -0.1) is 0 Å². The lowest BCUT2D eigenvalue weighted by Crippen LogP contribution is -2.42. The molecule has 0 spiro atoms. The molecule has 3 atom stereocenters. The number of ether oxygens (including phenoxy) is 1. The van der Waals surface area contributed by atoms with E-state index < -0.39 is 0 Å². The second-order valence-electron chi connectivity index (χ2n) is 6.79. The lowest BCUT2D eigenvalue weighted by atomic mass is 9.85. The molecule has 0 heterocycles. The Morgan fingerprint density at radius 3 is 2.87 bits per heavy atom. The van der Waals surface area contributed by atoms with E-state index >= 15 is 0 Å². The summed E-state index contributed by atoms with van der Waals surface area (Å²) >= 11 is 0. The molecule has 5 nitrogen and oxygen atoms in total. The van der Waals surface area contributed by atoms with Gasteiger partial charge in [-0.05, 0) is 37.5 Å². The van der Waals surface area contributed by atoms with Crippen LogP contribution >= 0.6 is 0 Å². The molecule has 128 valence electrons. The molecule has 0 aromatic heterocycles. The van der Waals surface area contributed by atoms with Gasteiger partial charge in [-0.3, -0.25) is 4.79 Å². The fourth-order valence-corrected chi connectivity index (χ4v) is 3.39. The summed E-state index contributed by atoms with van der Waals surface area (Å²) in [5.41, 5.74) is 1.71. The number of aliphatic hydroxyl groups is 1. The SMILES string of the molecule is COc1ccc(C(C)NC2CCCC2(C)CO)cc1NC(C)=O. The van der Waals surface area contributed by atoms with Crippen LogP contribution in [0.25, 0.3) is 0 Å². The van der Waals surface area contributed by atoms with Gasteiger partial charge in [0.1, 0.15) is 5.75 Å². The molecule has 23 heavy (non-hydrogen) atoms. The summed E-state index contributed by atoms with van der Waals surface area (Å²) < 4.78 is 5.30. The number of rotatable bonds is 6. The van der Waals surface area contributed by atoms with Crippen LogP contribution < -0.4 is 15.4 Å². The monoisotopic (exact) mass is 320 g/mol. The van der Waals surface area contributed by atoms with Crippen LogP contribution in [0.1, 0.15) is 51.6 Å². The summed E-state index contributed by atoms with van der Waals surface area (Å²) in [6.07, 6.45) is 3.27. The Kier molecular flexibility index (Phi) is 5.65. The van der Waals surface area contributed by atoms with Crippen LogP contribution in [0.3, 0.4) is 0 Å². The summed E-state index contributed by atoms with van der Waals surface area (Å²) in [7, 11) is 1.59. The first kappa shape index (κ1) is 17.8. The van der Waals surface area contributed by atoms with E-state index in [1.807, 2.05) is 18.2 Å². The van der Waals surface area contributed by atoms with Gasteiger partial charge in [-0.2, -0.15) is 0 Å². The predicted molar refractivity (Wildman–Crippen MR) is 91.7 cm³/mol. The van der Waals surface area contributed by atoms with Crippen molar-refractivity contribution in [3.05, 3.63) is 23.8 Å². The smallest absolute Gasteiger partial charge is 0.221 e. The van der Waals surface area contributed by atoms with Crippen molar-refractivity contribution in [2.45, 2.75) is 52.1 Å². The minimum absolute atomic E-state index is 0.0544. The van der Waals surface area contributed by atoms with Crippen molar-refractivity contribution in [3.8, 4) is 5.75 Å². The highest BCUT2D eigenvalue weighted by atomic mass is 16.5. The topological polar surface area (TPSA) is 70.6 Å². The molecule has 3 N–H and O–H groups in total. The highest BCUT2D eigenvalue weighted by Crippen LogP contribution is 2.39. The molecule has 1 aliphatic carbocycles. The summed E-state index contributed by atoms with van der Waals surface area (Å²) in [5.74, 6) is 0.530. The van der Waals surface area contributed by atoms with Gasteiger partial charge in [0.05, 0.1) is 12.8 Å². The molecule has 3 unspecified atom stereocenters. The Hall–Kier alpha value is -1.59. The van der Waals surface area contributed by atoms with Crippen LogP contribution in [0.4, 0.5) is 5.69 Å². The van der Waals surface area contributed by atoms with Crippen LogP contribution in [0.2, 0.25) is 0 Å². The maximum absolute atomic E-state index is 11.4. The first-order valence-corrected chi connectivity index (χ1v) is 8.22. The number of aliphatic hydroxyl groups excluding tert-OH is 1. The fraction of sp³-hybridized carbons (Fsp3) is 0.611. The lowest BCUT2D eigenvalue weighted by Gasteiger charge is -2.33. The summed E-state index contributed by atoms with van der Waals surface area (Å²) in [4.78, 5) is 11.4. The van der Waals surface area contributed by atoms with Crippen LogP contribution in [-0.2, 0) is 4.79 Å². The average molecular weight is 320 g/mol. The van der Waals surface area contributed by atoms with E-state index in [0.717, 1.165) is 24.8 Å². The minimum atomic E-state index is -0.121. The van der Waals surface area contributed by atoms with Crippen molar-refractivity contribution in [3.63, 3.8) is 0 Å². The number of nitrogens with one attached hydrogen (secondary N) is 2. The summed E-state index contributed by atoms with van der Waals surface area (Å²) in [6.45, 7) is 5.94. The highest BCUT2D eigenvalue weighted by molar-refractivity contribution is 5.90. The first-order valence-electron chi connectivity index (χ1n) is 8.22. The Balaban J connectivity index is 2.16.